The molecule has 0 fully saturated rings. The van der Waals surface area contributed by atoms with E-state index in [1.807, 2.05) is 48.5 Å². The van der Waals surface area contributed by atoms with E-state index in [9.17, 15) is 0 Å². The molecule has 3 aromatic carbocycles. The summed E-state index contributed by atoms with van der Waals surface area (Å²) in [6, 6.07) is 15.5. The lowest BCUT2D eigenvalue weighted by atomic mass is 9.34. The predicted octanol–water partition coefficient (Wildman–Crippen LogP) is 2.10. The summed E-state index contributed by atoms with van der Waals surface area (Å²) in [5, 5.41) is 0. The van der Waals surface area contributed by atoms with Crippen LogP contribution >= 0.6 is 0 Å². The minimum atomic E-state index is 0.0641. The molecule has 108 valence electrons. The largest absolute Gasteiger partial charge is 0.458 e. The van der Waals surface area contributed by atoms with Gasteiger partial charge in [0.1, 0.15) is 34.5 Å². The van der Waals surface area contributed by atoms with E-state index in [1.165, 1.54) is 0 Å². The highest BCUT2D eigenvalue weighted by atomic mass is 16.5. The SMILES string of the molecule is Nc1cc2c3c(c1)Oc1cccc4c1B3c1c(cccc1O2)O4. The molecule has 0 radical (unpaired) electrons. The van der Waals surface area contributed by atoms with Crippen LogP contribution in [0.4, 0.5) is 5.69 Å². The van der Waals surface area contributed by atoms with Crippen molar-refractivity contribution in [2.45, 2.75) is 0 Å². The Morgan fingerprint density at radius 3 is 1.48 bits per heavy atom. The van der Waals surface area contributed by atoms with Crippen molar-refractivity contribution < 1.29 is 14.2 Å². The highest BCUT2D eigenvalue weighted by molar-refractivity contribution is 6.99. The summed E-state index contributed by atoms with van der Waals surface area (Å²) in [5.74, 6) is 4.84. The zero-order valence-corrected chi connectivity index (χ0v) is 12.0. The highest BCUT2D eigenvalue weighted by Gasteiger charge is 2.46. The fourth-order valence-corrected chi connectivity index (χ4v) is 3.84. The van der Waals surface area contributed by atoms with Crippen molar-refractivity contribution in [1.82, 2.24) is 0 Å². The van der Waals surface area contributed by atoms with Gasteiger partial charge in [-0.1, -0.05) is 12.1 Å². The molecule has 23 heavy (non-hydrogen) atoms. The van der Waals surface area contributed by atoms with E-state index in [2.05, 4.69) is 0 Å². The van der Waals surface area contributed by atoms with Crippen LogP contribution < -0.4 is 36.3 Å². The zero-order chi connectivity index (χ0) is 15.1. The Hall–Kier alpha value is -3.08. The van der Waals surface area contributed by atoms with Gasteiger partial charge in [0.25, 0.3) is 6.71 Å². The number of rotatable bonds is 0. The fourth-order valence-electron chi connectivity index (χ4n) is 3.84. The van der Waals surface area contributed by atoms with Gasteiger partial charge in [0, 0.05) is 34.2 Å². The second-order valence-corrected chi connectivity index (χ2v) is 6.01. The molecule has 3 aliphatic heterocycles. The lowest BCUT2D eigenvalue weighted by Gasteiger charge is -2.37. The van der Waals surface area contributed by atoms with Gasteiger partial charge in [-0.2, -0.15) is 0 Å². The van der Waals surface area contributed by atoms with Crippen molar-refractivity contribution in [2.75, 3.05) is 5.73 Å². The molecule has 0 aromatic heterocycles. The molecule has 0 spiro atoms. The summed E-state index contributed by atoms with van der Waals surface area (Å²) in [7, 11) is 0. The maximum Gasteiger partial charge on any atom is 0.270 e. The Morgan fingerprint density at radius 2 is 1.00 bits per heavy atom. The first-order valence-electron chi connectivity index (χ1n) is 7.52. The van der Waals surface area contributed by atoms with Gasteiger partial charge in [0.15, 0.2) is 0 Å². The van der Waals surface area contributed by atoms with Crippen LogP contribution in [0.1, 0.15) is 0 Å². The Bertz CT molecular complexity index is 954. The van der Waals surface area contributed by atoms with E-state index in [4.69, 9.17) is 19.9 Å². The summed E-state index contributed by atoms with van der Waals surface area (Å²) >= 11 is 0. The third-order valence-electron chi connectivity index (χ3n) is 4.70. The van der Waals surface area contributed by atoms with E-state index in [0.29, 0.717) is 5.69 Å². The Labute approximate surface area is 132 Å². The van der Waals surface area contributed by atoms with Crippen LogP contribution in [0.3, 0.4) is 0 Å². The maximum absolute atomic E-state index is 6.09. The third-order valence-corrected chi connectivity index (χ3v) is 4.70. The number of nitrogen functional groups attached to an aromatic ring is 1. The molecule has 3 aliphatic rings. The minimum Gasteiger partial charge on any atom is -0.458 e. The molecule has 0 unspecified atom stereocenters. The highest BCUT2D eigenvalue weighted by Crippen LogP contribution is 2.41. The average Bonchev–Trinajstić information content (AvgIpc) is 2.54. The normalized spacial score (nSPS) is 14.3. The lowest BCUT2D eigenvalue weighted by molar-refractivity contribution is 0.443. The molecular formula is C18H10BNO3. The third kappa shape index (κ3) is 1.29. The van der Waals surface area contributed by atoms with Crippen LogP contribution in [-0.4, -0.2) is 6.71 Å². The molecule has 0 atom stereocenters. The number of hydrogen-bond acceptors (Lipinski definition) is 4. The molecular weight excluding hydrogens is 289 g/mol. The second-order valence-electron chi connectivity index (χ2n) is 6.01. The topological polar surface area (TPSA) is 53.7 Å². The summed E-state index contributed by atoms with van der Waals surface area (Å²) in [6.45, 7) is 0.0641. The van der Waals surface area contributed by atoms with Crippen LogP contribution in [0.25, 0.3) is 0 Å². The van der Waals surface area contributed by atoms with Crippen molar-refractivity contribution in [2.24, 2.45) is 0 Å². The van der Waals surface area contributed by atoms with Gasteiger partial charge in [-0.25, -0.2) is 0 Å². The van der Waals surface area contributed by atoms with E-state index < -0.39 is 0 Å². The fraction of sp³-hybridized carbons (Fsp3) is 0. The van der Waals surface area contributed by atoms with Gasteiger partial charge in [0.05, 0.1) is 0 Å². The minimum absolute atomic E-state index is 0.0641. The molecule has 4 nitrogen and oxygen atoms in total. The lowest BCUT2D eigenvalue weighted by Crippen LogP contribution is -2.59. The van der Waals surface area contributed by atoms with Crippen LogP contribution in [0, 0.1) is 0 Å². The predicted molar refractivity (Wildman–Crippen MR) is 88.6 cm³/mol. The second kappa shape index (κ2) is 3.63. The Balaban J connectivity index is 1.79. The quantitative estimate of drug-likeness (QED) is 0.345. The van der Waals surface area contributed by atoms with Crippen molar-refractivity contribution in [3.8, 4) is 34.5 Å². The first kappa shape index (κ1) is 11.5. The van der Waals surface area contributed by atoms with Gasteiger partial charge >= 0.3 is 0 Å². The van der Waals surface area contributed by atoms with E-state index in [1.54, 1.807) is 0 Å². The summed E-state index contributed by atoms with van der Waals surface area (Å²) in [4.78, 5) is 0. The number of nitrogens with two attached hydrogens (primary N) is 1. The molecule has 0 bridgehead atoms. The molecule has 6 rings (SSSR count). The average molecular weight is 299 g/mol. The Morgan fingerprint density at radius 1 is 0.609 bits per heavy atom. The van der Waals surface area contributed by atoms with Crippen molar-refractivity contribution in [3.63, 3.8) is 0 Å². The van der Waals surface area contributed by atoms with E-state index >= 15 is 0 Å². The van der Waals surface area contributed by atoms with Gasteiger partial charge in [-0.05, 0) is 24.3 Å². The van der Waals surface area contributed by atoms with Gasteiger partial charge in [-0.15, -0.1) is 0 Å². The van der Waals surface area contributed by atoms with Crippen LogP contribution in [0.2, 0.25) is 0 Å². The molecule has 0 amide bonds. The van der Waals surface area contributed by atoms with Crippen LogP contribution in [0.15, 0.2) is 48.5 Å². The van der Waals surface area contributed by atoms with Crippen molar-refractivity contribution in [1.29, 1.82) is 0 Å². The van der Waals surface area contributed by atoms with E-state index in [-0.39, 0.29) is 6.71 Å². The number of ether oxygens (including phenoxy) is 3. The molecule has 2 N–H and O–H groups in total. The molecule has 0 saturated carbocycles. The van der Waals surface area contributed by atoms with Crippen molar-refractivity contribution in [3.05, 3.63) is 48.5 Å². The number of anilines is 1. The molecule has 0 aliphatic carbocycles. The van der Waals surface area contributed by atoms with Crippen LogP contribution in [0.5, 0.6) is 34.5 Å². The van der Waals surface area contributed by atoms with Gasteiger partial charge in [-0.3, -0.25) is 0 Å². The molecule has 0 saturated heterocycles. The maximum atomic E-state index is 6.09. The van der Waals surface area contributed by atoms with Gasteiger partial charge < -0.3 is 19.9 Å². The summed E-state index contributed by atoms with van der Waals surface area (Å²) in [6.07, 6.45) is 0. The molecule has 3 aromatic rings. The monoisotopic (exact) mass is 299 g/mol. The summed E-state index contributed by atoms with van der Waals surface area (Å²) < 4.78 is 18.3. The first-order valence-corrected chi connectivity index (χ1v) is 7.52. The Kier molecular flexibility index (Phi) is 1.81. The number of benzene rings is 3. The standard InChI is InChI=1S/C18H10BNO3/c20-9-7-14-18-15(8-9)23-13-6-2-4-11-17(13)19(18)16-10(21-11)3-1-5-12(16)22-14/h1-8H,20H2. The first-order chi connectivity index (χ1) is 11.3. The van der Waals surface area contributed by atoms with Crippen LogP contribution in [-0.2, 0) is 0 Å². The zero-order valence-electron chi connectivity index (χ0n) is 12.0. The van der Waals surface area contributed by atoms with Crippen molar-refractivity contribution >= 4 is 28.8 Å². The van der Waals surface area contributed by atoms with Gasteiger partial charge in [0.2, 0.25) is 0 Å². The molecule has 3 heterocycles. The molecule has 5 heteroatoms. The smallest absolute Gasteiger partial charge is 0.270 e. The summed E-state index contributed by atoms with van der Waals surface area (Å²) in [5.41, 5.74) is 9.81. The van der Waals surface area contributed by atoms with E-state index in [0.717, 1.165) is 50.9 Å². The number of hydrogen-bond donors (Lipinski definition) is 1.